The molecular weight excluding hydrogens is 232 g/mol. The van der Waals surface area contributed by atoms with E-state index in [4.69, 9.17) is 14.2 Å². The Kier molecular flexibility index (Phi) is 8.12. The Bertz CT molecular complexity index is 304. The van der Waals surface area contributed by atoms with Crippen LogP contribution in [0.2, 0.25) is 0 Å². The molecule has 0 saturated carbocycles. The van der Waals surface area contributed by atoms with Gasteiger partial charge in [0.25, 0.3) is 0 Å². The van der Waals surface area contributed by atoms with Gasteiger partial charge in [-0.1, -0.05) is 6.07 Å². The van der Waals surface area contributed by atoms with E-state index < -0.39 is 0 Å². The maximum Gasteiger partial charge on any atom is 0.212 e. The second-order valence-electron chi connectivity index (χ2n) is 3.84. The van der Waals surface area contributed by atoms with Crippen molar-refractivity contribution in [2.75, 3.05) is 40.6 Å². The summed E-state index contributed by atoms with van der Waals surface area (Å²) in [5, 5.41) is 3.34. The van der Waals surface area contributed by atoms with E-state index in [0.717, 1.165) is 31.7 Å². The van der Waals surface area contributed by atoms with Gasteiger partial charge in [-0.3, -0.25) is 0 Å². The van der Waals surface area contributed by atoms with Crippen LogP contribution in [0.1, 0.15) is 12.0 Å². The summed E-state index contributed by atoms with van der Waals surface area (Å²) < 4.78 is 15.3. The Morgan fingerprint density at radius 1 is 1.17 bits per heavy atom. The molecule has 0 radical (unpaired) electrons. The molecule has 1 rings (SSSR count). The molecule has 0 aromatic carbocycles. The SMILES string of the molecule is COCCOCCCNCc1ccc(OC)nc1. The van der Waals surface area contributed by atoms with Crippen molar-refractivity contribution in [1.29, 1.82) is 0 Å². The van der Waals surface area contributed by atoms with Crippen LogP contribution in [0.15, 0.2) is 18.3 Å². The van der Waals surface area contributed by atoms with Crippen molar-refractivity contribution >= 4 is 0 Å². The molecule has 0 saturated heterocycles. The second-order valence-corrected chi connectivity index (χ2v) is 3.84. The zero-order valence-corrected chi connectivity index (χ0v) is 11.1. The fourth-order valence-corrected chi connectivity index (χ4v) is 1.41. The average Bonchev–Trinajstić information content (AvgIpc) is 2.42. The van der Waals surface area contributed by atoms with Crippen molar-refractivity contribution < 1.29 is 14.2 Å². The average molecular weight is 254 g/mol. The number of hydrogen-bond acceptors (Lipinski definition) is 5. The Balaban J connectivity index is 2.00. The van der Waals surface area contributed by atoms with Gasteiger partial charge in [0.2, 0.25) is 5.88 Å². The fraction of sp³-hybridized carbons (Fsp3) is 0.615. The molecule has 1 N–H and O–H groups in total. The maximum atomic E-state index is 5.36. The van der Waals surface area contributed by atoms with E-state index in [2.05, 4.69) is 10.3 Å². The molecular formula is C13H22N2O3. The maximum absolute atomic E-state index is 5.36. The van der Waals surface area contributed by atoms with Crippen LogP contribution in [-0.2, 0) is 16.0 Å². The Morgan fingerprint density at radius 3 is 2.72 bits per heavy atom. The van der Waals surface area contributed by atoms with Gasteiger partial charge in [-0.05, 0) is 18.5 Å². The van der Waals surface area contributed by atoms with Gasteiger partial charge in [0.05, 0.1) is 20.3 Å². The van der Waals surface area contributed by atoms with Crippen molar-refractivity contribution in [2.24, 2.45) is 0 Å². The topological polar surface area (TPSA) is 52.6 Å². The number of rotatable bonds is 10. The molecule has 0 unspecified atom stereocenters. The number of nitrogens with one attached hydrogen (secondary N) is 1. The zero-order chi connectivity index (χ0) is 13.1. The highest BCUT2D eigenvalue weighted by Crippen LogP contribution is 2.05. The summed E-state index contributed by atoms with van der Waals surface area (Å²) in [4.78, 5) is 4.15. The normalized spacial score (nSPS) is 10.6. The van der Waals surface area contributed by atoms with E-state index in [0.29, 0.717) is 19.1 Å². The lowest BCUT2D eigenvalue weighted by Gasteiger charge is -2.06. The van der Waals surface area contributed by atoms with Gasteiger partial charge in [0, 0.05) is 32.5 Å². The number of ether oxygens (including phenoxy) is 3. The van der Waals surface area contributed by atoms with Crippen molar-refractivity contribution in [1.82, 2.24) is 10.3 Å². The molecule has 0 atom stereocenters. The molecule has 18 heavy (non-hydrogen) atoms. The van der Waals surface area contributed by atoms with E-state index in [1.807, 2.05) is 18.3 Å². The van der Waals surface area contributed by atoms with E-state index in [9.17, 15) is 0 Å². The van der Waals surface area contributed by atoms with Gasteiger partial charge in [0.1, 0.15) is 0 Å². The van der Waals surface area contributed by atoms with Crippen LogP contribution in [0, 0.1) is 0 Å². The Morgan fingerprint density at radius 2 is 2.06 bits per heavy atom. The number of aromatic nitrogens is 1. The van der Waals surface area contributed by atoms with Crippen LogP contribution < -0.4 is 10.1 Å². The molecule has 0 aliphatic carbocycles. The summed E-state index contributed by atoms with van der Waals surface area (Å²) in [5.41, 5.74) is 1.15. The first-order valence-corrected chi connectivity index (χ1v) is 6.13. The highest BCUT2D eigenvalue weighted by molar-refractivity contribution is 5.17. The molecule has 1 aromatic rings. The first-order valence-electron chi connectivity index (χ1n) is 6.13. The molecule has 0 spiro atoms. The first kappa shape index (κ1) is 14.9. The number of hydrogen-bond donors (Lipinski definition) is 1. The zero-order valence-electron chi connectivity index (χ0n) is 11.1. The van der Waals surface area contributed by atoms with Crippen molar-refractivity contribution in [3.8, 4) is 5.88 Å². The van der Waals surface area contributed by atoms with Crippen molar-refractivity contribution in [3.63, 3.8) is 0 Å². The van der Waals surface area contributed by atoms with Crippen LogP contribution >= 0.6 is 0 Å². The minimum absolute atomic E-state index is 0.644. The van der Waals surface area contributed by atoms with E-state index in [1.165, 1.54) is 0 Å². The van der Waals surface area contributed by atoms with E-state index in [-0.39, 0.29) is 0 Å². The summed E-state index contributed by atoms with van der Waals surface area (Å²) in [7, 11) is 3.29. The van der Waals surface area contributed by atoms with Crippen LogP contribution in [0.4, 0.5) is 0 Å². The molecule has 0 amide bonds. The second kappa shape index (κ2) is 9.82. The van der Waals surface area contributed by atoms with Crippen molar-refractivity contribution in [3.05, 3.63) is 23.9 Å². The summed E-state index contributed by atoms with van der Waals surface area (Å²) in [6, 6.07) is 3.87. The summed E-state index contributed by atoms with van der Waals surface area (Å²) in [6.07, 6.45) is 2.81. The third kappa shape index (κ3) is 6.54. The van der Waals surface area contributed by atoms with E-state index >= 15 is 0 Å². The minimum atomic E-state index is 0.644. The fourth-order valence-electron chi connectivity index (χ4n) is 1.41. The molecule has 5 heteroatoms. The van der Waals surface area contributed by atoms with Crippen molar-refractivity contribution in [2.45, 2.75) is 13.0 Å². The molecule has 0 aliphatic rings. The number of methoxy groups -OCH3 is 2. The van der Waals surface area contributed by atoms with Crippen LogP contribution in [0.5, 0.6) is 5.88 Å². The highest BCUT2D eigenvalue weighted by Gasteiger charge is 1.95. The molecule has 102 valence electrons. The smallest absolute Gasteiger partial charge is 0.212 e. The standard InChI is InChI=1S/C13H22N2O3/c1-16-8-9-18-7-3-6-14-10-12-4-5-13(17-2)15-11-12/h4-5,11,14H,3,6-10H2,1-2H3. The predicted octanol–water partition coefficient (Wildman–Crippen LogP) is 1.23. The van der Waals surface area contributed by atoms with Gasteiger partial charge >= 0.3 is 0 Å². The van der Waals surface area contributed by atoms with Gasteiger partial charge in [-0.25, -0.2) is 4.98 Å². The molecule has 0 bridgehead atoms. The lowest BCUT2D eigenvalue weighted by atomic mass is 10.3. The molecule has 0 fully saturated rings. The van der Waals surface area contributed by atoms with Gasteiger partial charge in [0.15, 0.2) is 0 Å². The minimum Gasteiger partial charge on any atom is -0.481 e. The number of nitrogens with zero attached hydrogens (tertiary/aromatic N) is 1. The molecule has 1 aromatic heterocycles. The third-order valence-electron chi connectivity index (χ3n) is 2.41. The summed E-state index contributed by atoms with van der Waals surface area (Å²) in [6.45, 7) is 3.83. The highest BCUT2D eigenvalue weighted by atomic mass is 16.5. The Hall–Kier alpha value is -1.17. The third-order valence-corrected chi connectivity index (χ3v) is 2.41. The first-order chi connectivity index (χ1) is 8.86. The molecule has 0 aliphatic heterocycles. The number of pyridine rings is 1. The Labute approximate surface area is 108 Å². The predicted molar refractivity (Wildman–Crippen MR) is 69.8 cm³/mol. The molecule has 1 heterocycles. The summed E-state index contributed by atoms with van der Waals surface area (Å²) in [5.74, 6) is 0.644. The van der Waals surface area contributed by atoms with E-state index in [1.54, 1.807) is 14.2 Å². The molecule has 5 nitrogen and oxygen atoms in total. The monoisotopic (exact) mass is 254 g/mol. The summed E-state index contributed by atoms with van der Waals surface area (Å²) >= 11 is 0. The largest absolute Gasteiger partial charge is 0.481 e. The quantitative estimate of drug-likeness (QED) is 0.637. The van der Waals surface area contributed by atoms with Gasteiger partial charge in [-0.2, -0.15) is 0 Å². The van der Waals surface area contributed by atoms with Crippen LogP contribution in [0.25, 0.3) is 0 Å². The lowest BCUT2D eigenvalue weighted by molar-refractivity contribution is 0.0695. The van der Waals surface area contributed by atoms with Gasteiger partial charge < -0.3 is 19.5 Å². The van der Waals surface area contributed by atoms with Crippen LogP contribution in [-0.4, -0.2) is 45.6 Å². The van der Waals surface area contributed by atoms with Gasteiger partial charge in [-0.15, -0.1) is 0 Å². The van der Waals surface area contributed by atoms with Crippen LogP contribution in [0.3, 0.4) is 0 Å². The lowest BCUT2D eigenvalue weighted by Crippen LogP contribution is -2.17.